The van der Waals surface area contributed by atoms with Crippen molar-refractivity contribution < 1.29 is 14.3 Å². The molecule has 2 aliphatic heterocycles. The maximum Gasteiger partial charge on any atom is 0.222 e. The molecule has 0 saturated carbocycles. The number of carbonyl (C=O) groups excluding carboxylic acids is 1. The predicted octanol–water partition coefficient (Wildman–Crippen LogP) is 3.23. The summed E-state index contributed by atoms with van der Waals surface area (Å²) in [4.78, 5) is 21.5. The van der Waals surface area contributed by atoms with E-state index >= 15 is 0 Å². The molecule has 1 aromatic carbocycles. The molecule has 0 aliphatic carbocycles. The molecule has 4 rings (SSSR count). The average molecular weight is 369 g/mol. The number of benzene rings is 1. The van der Waals surface area contributed by atoms with Gasteiger partial charge < -0.3 is 19.3 Å². The van der Waals surface area contributed by atoms with Crippen LogP contribution in [0.2, 0.25) is 0 Å². The van der Waals surface area contributed by atoms with Crippen molar-refractivity contribution in [3.63, 3.8) is 0 Å². The van der Waals surface area contributed by atoms with Gasteiger partial charge in [0.05, 0.1) is 14.2 Å². The van der Waals surface area contributed by atoms with Gasteiger partial charge in [-0.1, -0.05) is 0 Å². The van der Waals surface area contributed by atoms with E-state index in [0.29, 0.717) is 18.1 Å². The van der Waals surface area contributed by atoms with E-state index in [2.05, 4.69) is 14.8 Å². The minimum atomic E-state index is 0.281. The number of fused-ring (bicyclic) bond motifs is 1. The molecule has 2 aliphatic rings. The van der Waals surface area contributed by atoms with E-state index in [9.17, 15) is 4.79 Å². The third-order valence-corrected chi connectivity index (χ3v) is 5.74. The van der Waals surface area contributed by atoms with Crippen molar-refractivity contribution in [1.82, 2.24) is 9.88 Å². The Kier molecular flexibility index (Phi) is 5.05. The molecule has 2 fully saturated rings. The van der Waals surface area contributed by atoms with Crippen molar-refractivity contribution in [3.05, 3.63) is 24.4 Å². The third-order valence-electron chi connectivity index (χ3n) is 5.74. The Bertz CT molecular complexity index is 839. The third kappa shape index (κ3) is 3.40. The number of hydrogen-bond donors (Lipinski definition) is 0. The molecule has 2 saturated heterocycles. The summed E-state index contributed by atoms with van der Waals surface area (Å²) in [7, 11) is 3.30. The number of nitrogens with zero attached hydrogens (tertiary/aromatic N) is 3. The zero-order chi connectivity index (χ0) is 18.8. The largest absolute Gasteiger partial charge is 0.493 e. The lowest BCUT2D eigenvalue weighted by molar-refractivity contribution is -0.135. The Balaban J connectivity index is 1.66. The number of carbonyl (C=O) groups is 1. The minimum absolute atomic E-state index is 0.281. The summed E-state index contributed by atoms with van der Waals surface area (Å²) in [6.45, 7) is 2.69. The molecular formula is C21H27N3O3. The van der Waals surface area contributed by atoms with Gasteiger partial charge in [-0.3, -0.25) is 4.79 Å². The Morgan fingerprint density at radius 3 is 2.67 bits per heavy atom. The predicted molar refractivity (Wildman–Crippen MR) is 106 cm³/mol. The number of pyridine rings is 1. The highest BCUT2D eigenvalue weighted by Gasteiger charge is 2.31. The first kappa shape index (κ1) is 17.9. The van der Waals surface area contributed by atoms with Crippen molar-refractivity contribution in [1.29, 1.82) is 0 Å². The van der Waals surface area contributed by atoms with Crippen LogP contribution >= 0.6 is 0 Å². The van der Waals surface area contributed by atoms with Crippen LogP contribution in [0.1, 0.15) is 32.1 Å². The Morgan fingerprint density at radius 2 is 1.89 bits per heavy atom. The second-order valence-electron chi connectivity index (χ2n) is 7.35. The molecule has 144 valence electrons. The molecule has 1 unspecified atom stereocenters. The number of hydrogen-bond acceptors (Lipinski definition) is 5. The summed E-state index contributed by atoms with van der Waals surface area (Å²) in [5.74, 6) is 2.70. The standard InChI is InChI=1S/C21H27N3O3/c1-26-18-12-15-8-9-22-21(17(15)13-19(18)27-2)23-10-5-6-16(14-23)24-11-4-3-7-20(24)25/h8-9,12-13,16H,3-7,10-11,14H2,1-2H3. The van der Waals surface area contributed by atoms with E-state index < -0.39 is 0 Å². The minimum Gasteiger partial charge on any atom is -0.493 e. The lowest BCUT2D eigenvalue weighted by Crippen LogP contribution is -2.52. The Morgan fingerprint density at radius 1 is 1.07 bits per heavy atom. The quantitative estimate of drug-likeness (QED) is 0.828. The first-order chi connectivity index (χ1) is 13.2. The smallest absolute Gasteiger partial charge is 0.222 e. The molecular weight excluding hydrogens is 342 g/mol. The van der Waals surface area contributed by atoms with Crippen LogP contribution in [0.25, 0.3) is 10.8 Å². The van der Waals surface area contributed by atoms with E-state index in [1.165, 1.54) is 0 Å². The second-order valence-corrected chi connectivity index (χ2v) is 7.35. The SMILES string of the molecule is COc1cc2ccnc(N3CCCC(N4CCCCC4=O)C3)c2cc1OC. The highest BCUT2D eigenvalue weighted by Crippen LogP contribution is 2.36. The molecule has 0 spiro atoms. The number of amides is 1. The van der Waals surface area contributed by atoms with Crippen LogP contribution in [-0.2, 0) is 4.79 Å². The topological polar surface area (TPSA) is 54.9 Å². The first-order valence-electron chi connectivity index (χ1n) is 9.76. The molecule has 2 aromatic rings. The molecule has 0 bridgehead atoms. The molecule has 1 aromatic heterocycles. The van der Waals surface area contributed by atoms with E-state index in [-0.39, 0.29) is 6.04 Å². The lowest BCUT2D eigenvalue weighted by Gasteiger charge is -2.41. The molecule has 6 nitrogen and oxygen atoms in total. The summed E-state index contributed by atoms with van der Waals surface area (Å²) < 4.78 is 10.9. The fourth-order valence-corrected chi connectivity index (χ4v) is 4.35. The Labute approximate surface area is 160 Å². The van der Waals surface area contributed by atoms with Crippen molar-refractivity contribution in [3.8, 4) is 11.5 Å². The molecule has 1 atom stereocenters. The fraction of sp³-hybridized carbons (Fsp3) is 0.524. The zero-order valence-electron chi connectivity index (χ0n) is 16.1. The number of piperidine rings is 2. The molecule has 1 amide bonds. The number of anilines is 1. The van der Waals surface area contributed by atoms with E-state index in [0.717, 1.165) is 67.7 Å². The van der Waals surface area contributed by atoms with Crippen molar-refractivity contribution in [2.45, 2.75) is 38.1 Å². The lowest BCUT2D eigenvalue weighted by atomic mass is 9.99. The van der Waals surface area contributed by atoms with E-state index in [4.69, 9.17) is 9.47 Å². The Hall–Kier alpha value is -2.50. The summed E-state index contributed by atoms with van der Waals surface area (Å²) >= 11 is 0. The van der Waals surface area contributed by atoms with Crippen molar-refractivity contribution >= 4 is 22.5 Å². The van der Waals surface area contributed by atoms with Gasteiger partial charge >= 0.3 is 0 Å². The van der Waals surface area contributed by atoms with Crippen molar-refractivity contribution in [2.24, 2.45) is 0 Å². The maximum atomic E-state index is 12.4. The van der Waals surface area contributed by atoms with Crippen LogP contribution < -0.4 is 14.4 Å². The van der Waals surface area contributed by atoms with Crippen LogP contribution in [0.15, 0.2) is 24.4 Å². The fourth-order valence-electron chi connectivity index (χ4n) is 4.35. The van der Waals surface area contributed by atoms with Crippen LogP contribution in [0.4, 0.5) is 5.82 Å². The van der Waals surface area contributed by atoms with Gasteiger partial charge in [-0.15, -0.1) is 0 Å². The van der Waals surface area contributed by atoms with Gasteiger partial charge in [-0.2, -0.15) is 0 Å². The van der Waals surface area contributed by atoms with Crippen LogP contribution in [0, 0.1) is 0 Å². The molecule has 0 radical (unpaired) electrons. The number of likely N-dealkylation sites (tertiary alicyclic amines) is 1. The van der Waals surface area contributed by atoms with Gasteiger partial charge in [0.2, 0.25) is 5.91 Å². The van der Waals surface area contributed by atoms with Gasteiger partial charge in [-0.25, -0.2) is 4.98 Å². The average Bonchev–Trinajstić information content (AvgIpc) is 2.72. The first-order valence-corrected chi connectivity index (χ1v) is 9.76. The molecule has 6 heteroatoms. The van der Waals surface area contributed by atoms with E-state index in [1.807, 2.05) is 24.4 Å². The number of ether oxygens (including phenoxy) is 2. The zero-order valence-corrected chi connectivity index (χ0v) is 16.1. The molecule has 27 heavy (non-hydrogen) atoms. The number of rotatable bonds is 4. The molecule has 3 heterocycles. The van der Waals surface area contributed by atoms with Crippen LogP contribution in [0.5, 0.6) is 11.5 Å². The monoisotopic (exact) mass is 369 g/mol. The summed E-state index contributed by atoms with van der Waals surface area (Å²) in [5, 5.41) is 2.13. The van der Waals surface area contributed by atoms with Gasteiger partial charge in [0.1, 0.15) is 5.82 Å². The van der Waals surface area contributed by atoms with Gasteiger partial charge in [0, 0.05) is 43.7 Å². The normalized spacial score (nSPS) is 20.8. The summed E-state index contributed by atoms with van der Waals surface area (Å²) in [5.41, 5.74) is 0. The highest BCUT2D eigenvalue weighted by molar-refractivity contribution is 5.94. The second kappa shape index (κ2) is 7.62. The maximum absolute atomic E-state index is 12.4. The van der Waals surface area contributed by atoms with Crippen LogP contribution in [0.3, 0.4) is 0 Å². The van der Waals surface area contributed by atoms with Crippen molar-refractivity contribution in [2.75, 3.05) is 38.8 Å². The van der Waals surface area contributed by atoms with Gasteiger partial charge in [0.15, 0.2) is 11.5 Å². The van der Waals surface area contributed by atoms with Crippen LogP contribution in [-0.4, -0.2) is 55.7 Å². The highest BCUT2D eigenvalue weighted by atomic mass is 16.5. The van der Waals surface area contributed by atoms with E-state index in [1.54, 1.807) is 14.2 Å². The summed E-state index contributed by atoms with van der Waals surface area (Å²) in [6.07, 6.45) is 6.83. The van der Waals surface area contributed by atoms with Gasteiger partial charge in [-0.05, 0) is 49.3 Å². The summed E-state index contributed by atoms with van der Waals surface area (Å²) in [6, 6.07) is 6.28. The molecule has 0 N–H and O–H groups in total. The number of aromatic nitrogens is 1. The van der Waals surface area contributed by atoms with Gasteiger partial charge in [0.25, 0.3) is 0 Å². The number of methoxy groups -OCH3 is 2.